The summed E-state index contributed by atoms with van der Waals surface area (Å²) in [6, 6.07) is 18.0. The van der Waals surface area contributed by atoms with E-state index < -0.39 is 11.9 Å². The lowest BCUT2D eigenvalue weighted by atomic mass is 9.90. The Bertz CT molecular complexity index is 1060. The van der Waals surface area contributed by atoms with Gasteiger partial charge in [-0.1, -0.05) is 49.4 Å². The molecule has 0 saturated heterocycles. The molecule has 1 amide bonds. The number of carbonyl (C=O) groups is 2. The highest BCUT2D eigenvalue weighted by molar-refractivity contribution is 6.00. The number of carbonyl (C=O) groups excluding carboxylic acids is 2. The van der Waals surface area contributed by atoms with Crippen molar-refractivity contribution in [3.63, 3.8) is 0 Å². The number of hydrogen-bond acceptors (Lipinski definition) is 3. The Kier molecular flexibility index (Phi) is 4.82. The molecule has 4 rings (SSSR count). The number of amides is 1. The van der Waals surface area contributed by atoms with E-state index in [9.17, 15) is 14.0 Å². The van der Waals surface area contributed by atoms with Crippen molar-refractivity contribution in [3.8, 4) is 5.75 Å². The van der Waals surface area contributed by atoms with E-state index >= 15 is 0 Å². The van der Waals surface area contributed by atoms with Crippen LogP contribution in [0, 0.1) is 5.82 Å². The highest BCUT2D eigenvalue weighted by atomic mass is 19.1. The predicted octanol–water partition coefficient (Wildman–Crippen LogP) is 4.83. The zero-order valence-electron chi connectivity index (χ0n) is 15.4. The Morgan fingerprint density at radius 2 is 1.93 bits per heavy atom. The number of halogens is 1. The minimum atomic E-state index is -0.943. The Hall–Kier alpha value is -3.21. The number of rotatable bonds is 5. The van der Waals surface area contributed by atoms with Gasteiger partial charge < -0.3 is 10.1 Å². The summed E-state index contributed by atoms with van der Waals surface area (Å²) in [6.45, 7) is 2.01. The topological polar surface area (TPSA) is 55.4 Å². The van der Waals surface area contributed by atoms with Gasteiger partial charge in [-0.25, -0.2) is 4.39 Å². The van der Waals surface area contributed by atoms with Crippen LogP contribution in [0.15, 0.2) is 60.7 Å². The molecule has 142 valence electrons. The highest BCUT2D eigenvalue weighted by Crippen LogP contribution is 2.32. The number of ether oxygens (including phenoxy) is 1. The van der Waals surface area contributed by atoms with Crippen molar-refractivity contribution in [1.82, 2.24) is 0 Å². The smallest absolute Gasteiger partial charge is 0.266 e. The predicted molar refractivity (Wildman–Crippen MR) is 106 cm³/mol. The molecule has 0 saturated carbocycles. The van der Waals surface area contributed by atoms with Gasteiger partial charge in [0.1, 0.15) is 17.3 Å². The van der Waals surface area contributed by atoms with E-state index in [0.29, 0.717) is 12.1 Å². The maximum absolute atomic E-state index is 13.4. The first-order chi connectivity index (χ1) is 13.5. The van der Waals surface area contributed by atoms with E-state index in [0.717, 1.165) is 16.3 Å². The van der Waals surface area contributed by atoms with E-state index in [1.165, 1.54) is 18.2 Å². The molecule has 0 fully saturated rings. The van der Waals surface area contributed by atoms with E-state index in [1.54, 1.807) is 0 Å². The first-order valence-corrected chi connectivity index (χ1v) is 9.27. The summed E-state index contributed by atoms with van der Waals surface area (Å²) in [6.07, 6.45) is -0.685. The molecule has 1 aliphatic rings. The van der Waals surface area contributed by atoms with Gasteiger partial charge in [-0.2, -0.15) is 0 Å². The molecule has 1 unspecified atom stereocenters. The molecule has 0 aliphatic carbocycles. The fourth-order valence-corrected chi connectivity index (χ4v) is 3.67. The van der Waals surface area contributed by atoms with Gasteiger partial charge in [0.15, 0.2) is 6.10 Å². The van der Waals surface area contributed by atoms with Crippen molar-refractivity contribution >= 4 is 28.2 Å². The third-order valence-corrected chi connectivity index (χ3v) is 5.06. The summed E-state index contributed by atoms with van der Waals surface area (Å²) in [4.78, 5) is 24.8. The largest absolute Gasteiger partial charge is 0.478 e. The Balaban J connectivity index is 1.46. The molecule has 2 atom stereocenters. The maximum Gasteiger partial charge on any atom is 0.266 e. The van der Waals surface area contributed by atoms with Crippen LogP contribution in [0.5, 0.6) is 5.75 Å². The Morgan fingerprint density at radius 1 is 1.14 bits per heavy atom. The molecular weight excluding hydrogens is 357 g/mol. The summed E-state index contributed by atoms with van der Waals surface area (Å²) in [5.74, 6) is -0.648. The number of benzene rings is 3. The van der Waals surface area contributed by atoms with Crippen molar-refractivity contribution in [1.29, 1.82) is 0 Å². The first-order valence-electron chi connectivity index (χ1n) is 9.27. The summed E-state index contributed by atoms with van der Waals surface area (Å²) >= 11 is 0. The van der Waals surface area contributed by atoms with E-state index in [1.807, 2.05) is 43.3 Å². The second-order valence-electron chi connectivity index (χ2n) is 7.15. The van der Waals surface area contributed by atoms with Crippen molar-refractivity contribution in [2.75, 3.05) is 5.32 Å². The van der Waals surface area contributed by atoms with Gasteiger partial charge in [-0.05, 0) is 34.4 Å². The minimum absolute atomic E-state index is 0.00924. The molecule has 3 aromatic rings. The van der Waals surface area contributed by atoms with E-state index in [2.05, 4.69) is 11.4 Å². The van der Waals surface area contributed by atoms with Gasteiger partial charge in [0.05, 0.1) is 12.1 Å². The summed E-state index contributed by atoms with van der Waals surface area (Å²) in [5.41, 5.74) is 1.52. The molecule has 1 N–H and O–H groups in total. The molecule has 0 bridgehead atoms. The molecule has 1 aliphatic heterocycles. The number of ketones is 1. The van der Waals surface area contributed by atoms with Gasteiger partial charge >= 0.3 is 0 Å². The number of hydrogen-bond donors (Lipinski definition) is 1. The van der Waals surface area contributed by atoms with Crippen LogP contribution in [-0.4, -0.2) is 17.8 Å². The standard InChI is InChI=1S/C23H20FNO3/c1-14(18-8-4-6-15-5-2-3-7-19(15)18)11-17(26)13-22-23(27)25-20-10-9-16(24)12-21(20)28-22/h2-10,12,14,22H,11,13H2,1H3,(H,25,27)/t14-,22?/m0/s1. The average molecular weight is 377 g/mol. The molecule has 3 aromatic carbocycles. The number of Topliss-reactive ketones (excluding diaryl/α,β-unsaturated/α-hetero) is 1. The van der Waals surface area contributed by atoms with Gasteiger partial charge in [0.2, 0.25) is 0 Å². The van der Waals surface area contributed by atoms with E-state index in [-0.39, 0.29) is 29.8 Å². The SMILES string of the molecule is C[C@@H](CC(=O)CC1Oc2cc(F)ccc2NC1=O)c1cccc2ccccc12. The van der Waals surface area contributed by atoms with Crippen LogP contribution in [0.3, 0.4) is 0 Å². The van der Waals surface area contributed by atoms with Crippen LogP contribution in [0.4, 0.5) is 10.1 Å². The van der Waals surface area contributed by atoms with Gasteiger partial charge in [0, 0.05) is 12.5 Å². The third-order valence-electron chi connectivity index (χ3n) is 5.06. The maximum atomic E-state index is 13.4. The number of anilines is 1. The second kappa shape index (κ2) is 7.43. The van der Waals surface area contributed by atoms with E-state index in [4.69, 9.17) is 4.74 Å². The lowest BCUT2D eigenvalue weighted by Crippen LogP contribution is -2.38. The number of fused-ring (bicyclic) bond motifs is 2. The lowest BCUT2D eigenvalue weighted by Gasteiger charge is -2.25. The Morgan fingerprint density at radius 3 is 2.79 bits per heavy atom. The molecule has 4 nitrogen and oxygen atoms in total. The van der Waals surface area contributed by atoms with Crippen LogP contribution >= 0.6 is 0 Å². The average Bonchev–Trinajstić information content (AvgIpc) is 2.68. The van der Waals surface area contributed by atoms with Crippen molar-refractivity contribution in [2.24, 2.45) is 0 Å². The first kappa shape index (κ1) is 18.2. The molecular formula is C23H20FNO3. The summed E-state index contributed by atoms with van der Waals surface area (Å²) in [7, 11) is 0. The van der Waals surface area contributed by atoms with Crippen LogP contribution in [0.1, 0.15) is 31.2 Å². The van der Waals surface area contributed by atoms with Crippen molar-refractivity contribution in [3.05, 3.63) is 72.0 Å². The van der Waals surface area contributed by atoms with Gasteiger partial charge in [-0.3, -0.25) is 9.59 Å². The quantitative estimate of drug-likeness (QED) is 0.693. The number of nitrogens with one attached hydrogen (secondary N) is 1. The zero-order valence-corrected chi connectivity index (χ0v) is 15.4. The minimum Gasteiger partial charge on any atom is -0.478 e. The lowest BCUT2D eigenvalue weighted by molar-refractivity contribution is -0.129. The molecule has 5 heteroatoms. The van der Waals surface area contributed by atoms with Crippen LogP contribution in [-0.2, 0) is 9.59 Å². The fraction of sp³-hybridized carbons (Fsp3) is 0.217. The molecule has 28 heavy (non-hydrogen) atoms. The van der Waals surface area contributed by atoms with Crippen LogP contribution in [0.25, 0.3) is 10.8 Å². The van der Waals surface area contributed by atoms with Crippen molar-refractivity contribution < 1.29 is 18.7 Å². The summed E-state index contributed by atoms with van der Waals surface area (Å²) < 4.78 is 19.0. The molecule has 0 radical (unpaired) electrons. The monoisotopic (exact) mass is 377 g/mol. The Labute approximate surface area is 162 Å². The highest BCUT2D eigenvalue weighted by Gasteiger charge is 2.30. The van der Waals surface area contributed by atoms with Crippen molar-refractivity contribution in [2.45, 2.75) is 31.8 Å². The second-order valence-corrected chi connectivity index (χ2v) is 7.15. The molecule has 0 spiro atoms. The van der Waals surface area contributed by atoms with Gasteiger partial charge in [0.25, 0.3) is 5.91 Å². The zero-order chi connectivity index (χ0) is 19.7. The fourth-order valence-electron chi connectivity index (χ4n) is 3.67. The molecule has 0 aromatic heterocycles. The van der Waals surface area contributed by atoms with Gasteiger partial charge in [-0.15, -0.1) is 0 Å². The summed E-state index contributed by atoms with van der Waals surface area (Å²) in [5, 5.41) is 4.93. The third kappa shape index (κ3) is 3.60. The van der Waals surface area contributed by atoms with Crippen LogP contribution < -0.4 is 10.1 Å². The van der Waals surface area contributed by atoms with Crippen LogP contribution in [0.2, 0.25) is 0 Å². The normalized spacial score (nSPS) is 16.8. The molecule has 1 heterocycles.